The van der Waals surface area contributed by atoms with E-state index in [0.717, 1.165) is 17.1 Å². The number of ether oxygens (including phenoxy) is 2. The normalized spacial score (nSPS) is 11.9. The Balaban J connectivity index is 2.01. The van der Waals surface area contributed by atoms with Crippen molar-refractivity contribution in [3.8, 4) is 11.5 Å². The van der Waals surface area contributed by atoms with Crippen LogP contribution in [-0.2, 0) is 0 Å². The van der Waals surface area contributed by atoms with Gasteiger partial charge in [0.1, 0.15) is 18.1 Å². The molecule has 100 valence electrons. The van der Waals surface area contributed by atoms with E-state index in [1.807, 2.05) is 36.4 Å². The zero-order valence-corrected chi connectivity index (χ0v) is 11.4. The monoisotopic (exact) mass is 277 g/mol. The first-order chi connectivity index (χ1) is 9.20. The smallest absolute Gasteiger partial charge is 0.123 e. The lowest BCUT2D eigenvalue weighted by Gasteiger charge is -2.16. The molecule has 0 spiro atoms. The Hall–Kier alpha value is -1.71. The average Bonchev–Trinajstić information content (AvgIpc) is 2.46. The van der Waals surface area contributed by atoms with Crippen molar-refractivity contribution in [2.45, 2.75) is 6.04 Å². The second-order valence-electron chi connectivity index (χ2n) is 4.11. The van der Waals surface area contributed by atoms with Crippen LogP contribution < -0.4 is 15.2 Å². The van der Waals surface area contributed by atoms with Gasteiger partial charge in [-0.15, -0.1) is 0 Å². The summed E-state index contributed by atoms with van der Waals surface area (Å²) >= 11 is 5.81. The lowest BCUT2D eigenvalue weighted by Crippen LogP contribution is -2.19. The summed E-state index contributed by atoms with van der Waals surface area (Å²) in [5.41, 5.74) is 7.05. The van der Waals surface area contributed by atoms with Crippen LogP contribution >= 0.6 is 11.6 Å². The Morgan fingerprint density at radius 2 is 1.79 bits per heavy atom. The summed E-state index contributed by atoms with van der Waals surface area (Å²) in [6.07, 6.45) is 0. The minimum atomic E-state index is -0.244. The lowest BCUT2D eigenvalue weighted by molar-refractivity contribution is 0.286. The summed E-state index contributed by atoms with van der Waals surface area (Å²) in [7, 11) is 1.63. The molecule has 1 atom stereocenters. The third-order valence-corrected chi connectivity index (χ3v) is 3.03. The number of benzene rings is 2. The van der Waals surface area contributed by atoms with Gasteiger partial charge in [0.25, 0.3) is 0 Å². The summed E-state index contributed by atoms with van der Waals surface area (Å²) in [6, 6.07) is 14.6. The number of rotatable bonds is 5. The number of halogens is 1. The molecule has 4 heteroatoms. The van der Waals surface area contributed by atoms with Crippen LogP contribution in [0.25, 0.3) is 0 Å². The molecule has 0 heterocycles. The second-order valence-corrected chi connectivity index (χ2v) is 4.55. The largest absolute Gasteiger partial charge is 0.496 e. The van der Waals surface area contributed by atoms with Gasteiger partial charge in [-0.3, -0.25) is 0 Å². The van der Waals surface area contributed by atoms with Crippen LogP contribution in [0.5, 0.6) is 11.5 Å². The maximum absolute atomic E-state index is 6.12. The van der Waals surface area contributed by atoms with Gasteiger partial charge in [0, 0.05) is 10.6 Å². The molecule has 2 aromatic carbocycles. The molecule has 0 aromatic heterocycles. The van der Waals surface area contributed by atoms with E-state index in [1.165, 1.54) is 0 Å². The molecule has 0 aliphatic heterocycles. The van der Waals surface area contributed by atoms with Gasteiger partial charge in [0.2, 0.25) is 0 Å². The van der Waals surface area contributed by atoms with Crippen LogP contribution in [0.15, 0.2) is 48.5 Å². The second kappa shape index (κ2) is 6.45. The highest BCUT2D eigenvalue weighted by atomic mass is 35.5. The maximum Gasteiger partial charge on any atom is 0.123 e. The van der Waals surface area contributed by atoms with Crippen LogP contribution in [0.1, 0.15) is 11.6 Å². The minimum Gasteiger partial charge on any atom is -0.496 e. The number of nitrogens with two attached hydrogens (primary N) is 1. The van der Waals surface area contributed by atoms with Gasteiger partial charge >= 0.3 is 0 Å². The van der Waals surface area contributed by atoms with Gasteiger partial charge in [-0.05, 0) is 30.3 Å². The zero-order valence-electron chi connectivity index (χ0n) is 10.7. The Labute approximate surface area is 117 Å². The topological polar surface area (TPSA) is 44.5 Å². The van der Waals surface area contributed by atoms with Crippen molar-refractivity contribution >= 4 is 11.6 Å². The molecule has 0 aliphatic rings. The summed E-state index contributed by atoms with van der Waals surface area (Å²) in [5.74, 6) is 1.52. The third kappa shape index (κ3) is 3.63. The van der Waals surface area contributed by atoms with Gasteiger partial charge in [-0.1, -0.05) is 29.8 Å². The van der Waals surface area contributed by atoms with Gasteiger partial charge in [-0.2, -0.15) is 0 Å². The van der Waals surface area contributed by atoms with E-state index < -0.39 is 0 Å². The molecule has 0 bridgehead atoms. The van der Waals surface area contributed by atoms with E-state index in [0.29, 0.717) is 11.6 Å². The quantitative estimate of drug-likeness (QED) is 0.911. The van der Waals surface area contributed by atoms with Crippen LogP contribution in [-0.4, -0.2) is 13.7 Å². The fraction of sp³-hybridized carbons (Fsp3) is 0.200. The number of hydrogen-bond acceptors (Lipinski definition) is 3. The average molecular weight is 278 g/mol. The van der Waals surface area contributed by atoms with E-state index >= 15 is 0 Å². The molecular formula is C15H16ClNO2. The summed E-state index contributed by atoms with van der Waals surface area (Å²) in [5, 5.41) is 0.682. The molecule has 0 radical (unpaired) electrons. The van der Waals surface area contributed by atoms with Gasteiger partial charge in [-0.25, -0.2) is 0 Å². The predicted octanol–water partition coefficient (Wildman–Crippen LogP) is 3.43. The van der Waals surface area contributed by atoms with Crippen molar-refractivity contribution in [1.82, 2.24) is 0 Å². The Morgan fingerprint density at radius 3 is 2.47 bits per heavy atom. The van der Waals surface area contributed by atoms with E-state index in [4.69, 9.17) is 26.8 Å². The molecule has 0 aliphatic carbocycles. The van der Waals surface area contributed by atoms with Crippen molar-refractivity contribution in [3.63, 3.8) is 0 Å². The molecule has 3 nitrogen and oxygen atoms in total. The molecule has 2 aromatic rings. The minimum absolute atomic E-state index is 0.244. The third-order valence-electron chi connectivity index (χ3n) is 2.78. The highest BCUT2D eigenvalue weighted by Crippen LogP contribution is 2.24. The number of para-hydroxylation sites is 1. The van der Waals surface area contributed by atoms with Gasteiger partial charge in [0.05, 0.1) is 13.2 Å². The van der Waals surface area contributed by atoms with Gasteiger partial charge < -0.3 is 15.2 Å². The first-order valence-electron chi connectivity index (χ1n) is 5.97. The molecule has 2 rings (SSSR count). The molecule has 0 saturated carbocycles. The van der Waals surface area contributed by atoms with Crippen molar-refractivity contribution in [1.29, 1.82) is 0 Å². The summed E-state index contributed by atoms with van der Waals surface area (Å²) in [6.45, 7) is 0.377. The number of methoxy groups -OCH3 is 1. The van der Waals surface area contributed by atoms with E-state index in [9.17, 15) is 0 Å². The fourth-order valence-electron chi connectivity index (χ4n) is 1.78. The lowest BCUT2D eigenvalue weighted by atomic mass is 10.1. The molecule has 0 amide bonds. The standard InChI is InChI=1S/C15H16ClNO2/c1-18-15-5-3-2-4-13(15)14(17)10-19-12-8-6-11(16)7-9-12/h2-9,14H,10,17H2,1H3. The van der Waals surface area contributed by atoms with Crippen LogP contribution in [0, 0.1) is 0 Å². The molecule has 0 saturated heterocycles. The van der Waals surface area contributed by atoms with Crippen molar-refractivity contribution in [2.75, 3.05) is 13.7 Å². The van der Waals surface area contributed by atoms with E-state index in [2.05, 4.69) is 0 Å². The Bertz CT molecular complexity index is 528. The fourth-order valence-corrected chi connectivity index (χ4v) is 1.91. The van der Waals surface area contributed by atoms with Crippen LogP contribution in [0.4, 0.5) is 0 Å². The number of hydrogen-bond donors (Lipinski definition) is 1. The van der Waals surface area contributed by atoms with Gasteiger partial charge in [0.15, 0.2) is 0 Å². The van der Waals surface area contributed by atoms with Crippen molar-refractivity contribution < 1.29 is 9.47 Å². The predicted molar refractivity (Wildman–Crippen MR) is 76.9 cm³/mol. The highest BCUT2D eigenvalue weighted by Gasteiger charge is 2.11. The molecule has 19 heavy (non-hydrogen) atoms. The Morgan fingerprint density at radius 1 is 1.11 bits per heavy atom. The maximum atomic E-state index is 6.12. The zero-order chi connectivity index (χ0) is 13.7. The molecule has 0 fully saturated rings. The Kier molecular flexibility index (Phi) is 4.66. The first-order valence-corrected chi connectivity index (χ1v) is 6.35. The molecular weight excluding hydrogens is 262 g/mol. The molecule has 2 N–H and O–H groups in total. The van der Waals surface area contributed by atoms with Crippen molar-refractivity contribution in [3.05, 3.63) is 59.1 Å². The van der Waals surface area contributed by atoms with Crippen molar-refractivity contribution in [2.24, 2.45) is 5.73 Å². The highest BCUT2D eigenvalue weighted by molar-refractivity contribution is 6.30. The SMILES string of the molecule is COc1ccccc1C(N)COc1ccc(Cl)cc1. The summed E-state index contributed by atoms with van der Waals surface area (Å²) in [4.78, 5) is 0. The van der Waals surface area contributed by atoms with Crippen LogP contribution in [0.2, 0.25) is 5.02 Å². The first kappa shape index (κ1) is 13.7. The van der Waals surface area contributed by atoms with E-state index in [-0.39, 0.29) is 6.04 Å². The molecule has 1 unspecified atom stereocenters. The van der Waals surface area contributed by atoms with Crippen LogP contribution in [0.3, 0.4) is 0 Å². The van der Waals surface area contributed by atoms with E-state index in [1.54, 1.807) is 19.2 Å². The summed E-state index contributed by atoms with van der Waals surface area (Å²) < 4.78 is 10.9.